The van der Waals surface area contributed by atoms with Gasteiger partial charge >= 0.3 is 0 Å². The molecule has 0 aliphatic carbocycles. The van der Waals surface area contributed by atoms with Crippen LogP contribution >= 0.6 is 11.6 Å². The predicted octanol–water partition coefficient (Wildman–Crippen LogP) is 4.42. The minimum Gasteiger partial charge on any atom is -0.495 e. The Hall–Kier alpha value is -2.53. The van der Waals surface area contributed by atoms with Crippen molar-refractivity contribution in [3.05, 3.63) is 59.1 Å². The van der Waals surface area contributed by atoms with Crippen molar-refractivity contribution in [1.82, 2.24) is 0 Å². The summed E-state index contributed by atoms with van der Waals surface area (Å²) in [6.45, 7) is 0. The lowest BCUT2D eigenvalue weighted by Gasteiger charge is -2.10. The summed E-state index contributed by atoms with van der Waals surface area (Å²) >= 11 is 5.93. The van der Waals surface area contributed by atoms with Gasteiger partial charge in [0.1, 0.15) is 17.1 Å². The van der Waals surface area contributed by atoms with Gasteiger partial charge in [0.05, 0.1) is 25.5 Å². The van der Waals surface area contributed by atoms with Crippen molar-refractivity contribution in [2.75, 3.05) is 12.4 Å². The van der Waals surface area contributed by atoms with Crippen LogP contribution in [0.25, 0.3) is 11.0 Å². The average Bonchev–Trinajstić information content (AvgIpc) is 2.90. The summed E-state index contributed by atoms with van der Waals surface area (Å²) in [5, 5.41) is 3.80. The van der Waals surface area contributed by atoms with E-state index in [0.29, 0.717) is 33.0 Å². The number of rotatable bonds is 4. The van der Waals surface area contributed by atoms with E-state index < -0.39 is 0 Å². The molecule has 2 aromatic carbocycles. The molecule has 0 radical (unpaired) electrons. The Labute approximate surface area is 136 Å². The second-order valence-corrected chi connectivity index (χ2v) is 5.41. The molecule has 1 amide bonds. The van der Waals surface area contributed by atoms with Crippen LogP contribution in [0, 0.1) is 5.82 Å². The van der Waals surface area contributed by atoms with Gasteiger partial charge in [-0.25, -0.2) is 4.39 Å². The lowest BCUT2D eigenvalue weighted by molar-refractivity contribution is -0.115. The molecule has 1 N–H and O–H groups in total. The van der Waals surface area contributed by atoms with Crippen LogP contribution in [-0.4, -0.2) is 13.0 Å². The first-order chi connectivity index (χ1) is 11.1. The highest BCUT2D eigenvalue weighted by Crippen LogP contribution is 2.28. The van der Waals surface area contributed by atoms with Crippen LogP contribution in [0.4, 0.5) is 10.1 Å². The number of carbonyl (C=O) groups excluding carboxylic acids is 1. The van der Waals surface area contributed by atoms with Crippen molar-refractivity contribution in [3.63, 3.8) is 0 Å². The van der Waals surface area contributed by atoms with Gasteiger partial charge in [-0.15, -0.1) is 0 Å². The molecule has 0 atom stereocenters. The second kappa shape index (κ2) is 6.30. The summed E-state index contributed by atoms with van der Waals surface area (Å²) in [6.07, 6.45) is 1.50. The number of furan rings is 1. The summed E-state index contributed by atoms with van der Waals surface area (Å²) in [4.78, 5) is 12.2. The molecule has 0 fully saturated rings. The Morgan fingerprint density at radius 2 is 2.13 bits per heavy atom. The molecule has 0 saturated heterocycles. The average molecular weight is 334 g/mol. The highest BCUT2D eigenvalue weighted by Gasteiger charge is 2.13. The van der Waals surface area contributed by atoms with Crippen LogP contribution < -0.4 is 10.1 Å². The number of carbonyl (C=O) groups is 1. The monoisotopic (exact) mass is 333 g/mol. The van der Waals surface area contributed by atoms with Crippen molar-refractivity contribution >= 4 is 34.2 Å². The number of amides is 1. The maximum Gasteiger partial charge on any atom is 0.229 e. The number of benzene rings is 2. The number of hydrogen-bond donors (Lipinski definition) is 1. The minimum absolute atomic E-state index is 0.0477. The molecule has 0 unspecified atom stereocenters. The fraction of sp³-hybridized carbons (Fsp3) is 0.118. The predicted molar refractivity (Wildman–Crippen MR) is 86.5 cm³/mol. The largest absolute Gasteiger partial charge is 0.495 e. The Morgan fingerprint density at radius 1 is 1.30 bits per heavy atom. The lowest BCUT2D eigenvalue weighted by Crippen LogP contribution is -2.14. The Morgan fingerprint density at radius 3 is 2.91 bits per heavy atom. The zero-order valence-corrected chi connectivity index (χ0v) is 13.0. The molecule has 0 aliphatic rings. The zero-order chi connectivity index (χ0) is 16.4. The van der Waals surface area contributed by atoms with Gasteiger partial charge in [-0.1, -0.05) is 11.6 Å². The molecule has 6 heteroatoms. The van der Waals surface area contributed by atoms with Gasteiger partial charge in [-0.3, -0.25) is 4.79 Å². The number of anilines is 1. The van der Waals surface area contributed by atoms with E-state index in [9.17, 15) is 9.18 Å². The van der Waals surface area contributed by atoms with E-state index in [-0.39, 0.29) is 18.1 Å². The van der Waals surface area contributed by atoms with Gasteiger partial charge in [0.15, 0.2) is 0 Å². The van der Waals surface area contributed by atoms with Crippen LogP contribution in [0.2, 0.25) is 5.02 Å². The molecule has 1 heterocycles. The topological polar surface area (TPSA) is 51.5 Å². The van der Waals surface area contributed by atoms with Gasteiger partial charge in [-0.2, -0.15) is 0 Å². The van der Waals surface area contributed by atoms with Gasteiger partial charge in [-0.05, 0) is 36.4 Å². The fourth-order valence-corrected chi connectivity index (χ4v) is 2.51. The van der Waals surface area contributed by atoms with Crippen LogP contribution in [0.15, 0.2) is 47.1 Å². The molecule has 23 heavy (non-hydrogen) atoms. The number of ether oxygens (including phenoxy) is 1. The number of hydrogen-bond acceptors (Lipinski definition) is 3. The number of methoxy groups -OCH3 is 1. The first-order valence-corrected chi connectivity index (χ1v) is 7.23. The number of fused-ring (bicyclic) bond motifs is 1. The van der Waals surface area contributed by atoms with E-state index >= 15 is 0 Å². The van der Waals surface area contributed by atoms with Crippen molar-refractivity contribution < 1.29 is 18.3 Å². The molecule has 0 aliphatic heterocycles. The van der Waals surface area contributed by atoms with E-state index in [1.807, 2.05) is 0 Å². The highest BCUT2D eigenvalue weighted by atomic mass is 35.5. The number of nitrogens with one attached hydrogen (secondary N) is 1. The first kappa shape index (κ1) is 15.4. The van der Waals surface area contributed by atoms with Crippen molar-refractivity contribution in [3.8, 4) is 5.75 Å². The highest BCUT2D eigenvalue weighted by molar-refractivity contribution is 6.31. The van der Waals surface area contributed by atoms with E-state index in [0.717, 1.165) is 0 Å². The smallest absolute Gasteiger partial charge is 0.229 e. The molecule has 0 bridgehead atoms. The molecule has 4 nitrogen and oxygen atoms in total. The maximum absolute atomic E-state index is 13.3. The van der Waals surface area contributed by atoms with Gasteiger partial charge in [0.25, 0.3) is 0 Å². The summed E-state index contributed by atoms with van der Waals surface area (Å²) in [5.41, 5.74) is 1.62. The summed E-state index contributed by atoms with van der Waals surface area (Å²) in [7, 11) is 1.51. The Bertz CT molecular complexity index is 875. The summed E-state index contributed by atoms with van der Waals surface area (Å²) in [5.74, 6) is -0.152. The molecule has 0 saturated carbocycles. The molecular weight excluding hydrogens is 321 g/mol. The van der Waals surface area contributed by atoms with Gasteiger partial charge in [0, 0.05) is 16.0 Å². The lowest BCUT2D eigenvalue weighted by atomic mass is 10.1. The van der Waals surface area contributed by atoms with Crippen molar-refractivity contribution in [2.24, 2.45) is 0 Å². The minimum atomic E-state index is -0.378. The molecule has 3 rings (SSSR count). The third kappa shape index (κ3) is 3.29. The SMILES string of the molecule is COc1ccc(Cl)cc1NC(=O)Cc1coc2ccc(F)cc12. The molecule has 3 aromatic rings. The Balaban J connectivity index is 1.81. The second-order valence-electron chi connectivity index (χ2n) is 4.97. The third-order valence-electron chi connectivity index (χ3n) is 3.40. The fourth-order valence-electron chi connectivity index (χ4n) is 2.34. The van der Waals surface area contributed by atoms with Gasteiger partial charge < -0.3 is 14.5 Å². The molecule has 118 valence electrons. The standard InChI is InChI=1S/C17H13ClFNO3/c1-22-16-4-2-11(18)7-14(16)20-17(21)6-10-9-23-15-5-3-12(19)8-13(10)15/h2-5,7-9H,6H2,1H3,(H,20,21). The van der Waals surface area contributed by atoms with E-state index in [1.54, 1.807) is 18.2 Å². The first-order valence-electron chi connectivity index (χ1n) is 6.86. The van der Waals surface area contributed by atoms with E-state index in [4.69, 9.17) is 20.8 Å². The third-order valence-corrected chi connectivity index (χ3v) is 3.64. The van der Waals surface area contributed by atoms with Crippen LogP contribution in [-0.2, 0) is 11.2 Å². The van der Waals surface area contributed by atoms with Crippen LogP contribution in [0.1, 0.15) is 5.56 Å². The van der Waals surface area contributed by atoms with E-state index in [2.05, 4.69) is 5.32 Å². The van der Waals surface area contributed by atoms with Gasteiger partial charge in [0.2, 0.25) is 5.91 Å². The van der Waals surface area contributed by atoms with E-state index in [1.165, 1.54) is 31.6 Å². The molecular formula is C17H13ClFNO3. The van der Waals surface area contributed by atoms with Crippen molar-refractivity contribution in [2.45, 2.75) is 6.42 Å². The quantitative estimate of drug-likeness (QED) is 0.769. The maximum atomic E-state index is 13.3. The van der Waals surface area contributed by atoms with Crippen molar-refractivity contribution in [1.29, 1.82) is 0 Å². The van der Waals surface area contributed by atoms with Crippen LogP contribution in [0.5, 0.6) is 5.75 Å². The summed E-state index contributed by atoms with van der Waals surface area (Å²) < 4.78 is 23.9. The van der Waals surface area contributed by atoms with Crippen LogP contribution in [0.3, 0.4) is 0 Å². The number of halogens is 2. The Kier molecular flexibility index (Phi) is 4.21. The normalized spacial score (nSPS) is 10.7. The molecule has 0 spiro atoms. The zero-order valence-electron chi connectivity index (χ0n) is 12.2. The molecule has 1 aromatic heterocycles. The summed E-state index contributed by atoms with van der Waals surface area (Å²) in [6, 6.07) is 9.13.